The van der Waals surface area contributed by atoms with E-state index in [0.29, 0.717) is 23.2 Å². The number of rotatable bonds is 6. The summed E-state index contributed by atoms with van der Waals surface area (Å²) in [6.07, 6.45) is 0. The monoisotopic (exact) mass is 313 g/mol. The van der Waals surface area contributed by atoms with Crippen molar-refractivity contribution in [3.8, 4) is 0 Å². The normalized spacial score (nSPS) is 18.6. The van der Waals surface area contributed by atoms with E-state index in [-0.39, 0.29) is 10.6 Å². The fraction of sp³-hybridized carbons (Fsp3) is 0.538. The van der Waals surface area contributed by atoms with Crippen LogP contribution in [0.1, 0.15) is 6.92 Å². The van der Waals surface area contributed by atoms with Gasteiger partial charge >= 0.3 is 5.69 Å². The molecule has 110 valence electrons. The SMILES string of the molecule is CCNc1cccc(NCC2CSCCS2)c1[N+](=O)[O-]. The second-order valence-electron chi connectivity index (χ2n) is 4.44. The number of benzene rings is 1. The molecule has 0 amide bonds. The predicted octanol–water partition coefficient (Wildman–Crippen LogP) is 3.29. The van der Waals surface area contributed by atoms with Gasteiger partial charge in [0.1, 0.15) is 11.4 Å². The maximum atomic E-state index is 11.3. The van der Waals surface area contributed by atoms with Crippen molar-refractivity contribution in [2.45, 2.75) is 12.2 Å². The van der Waals surface area contributed by atoms with Crippen molar-refractivity contribution >= 4 is 40.6 Å². The van der Waals surface area contributed by atoms with Crippen LogP contribution in [0, 0.1) is 10.1 Å². The van der Waals surface area contributed by atoms with Gasteiger partial charge in [-0.1, -0.05) is 6.07 Å². The fourth-order valence-electron chi connectivity index (χ4n) is 2.09. The number of nitrogens with one attached hydrogen (secondary N) is 2. The van der Waals surface area contributed by atoms with Gasteiger partial charge < -0.3 is 10.6 Å². The third kappa shape index (κ3) is 3.96. The highest BCUT2D eigenvalue weighted by Gasteiger charge is 2.21. The van der Waals surface area contributed by atoms with E-state index in [2.05, 4.69) is 10.6 Å². The first kappa shape index (κ1) is 15.3. The van der Waals surface area contributed by atoms with Crippen LogP contribution in [0.5, 0.6) is 0 Å². The predicted molar refractivity (Wildman–Crippen MR) is 89.3 cm³/mol. The molecule has 5 nitrogen and oxygen atoms in total. The Kier molecular flexibility index (Phi) is 5.85. The van der Waals surface area contributed by atoms with Gasteiger partial charge in [-0.05, 0) is 19.1 Å². The minimum absolute atomic E-state index is 0.141. The molecule has 1 unspecified atom stereocenters. The standard InChI is InChI=1S/C13H19N3O2S2/c1-2-14-11-4-3-5-12(13(11)16(17)18)15-8-10-9-19-6-7-20-10/h3-5,10,14-15H,2,6-9H2,1H3. The highest BCUT2D eigenvalue weighted by Crippen LogP contribution is 2.33. The molecule has 1 aliphatic heterocycles. The van der Waals surface area contributed by atoms with Gasteiger partial charge in [0.2, 0.25) is 0 Å². The quantitative estimate of drug-likeness (QED) is 0.620. The zero-order chi connectivity index (χ0) is 14.4. The number of anilines is 2. The van der Waals surface area contributed by atoms with E-state index in [0.717, 1.165) is 18.1 Å². The number of nitrogens with zero attached hydrogens (tertiary/aromatic N) is 1. The fourth-order valence-corrected chi connectivity index (χ4v) is 4.71. The van der Waals surface area contributed by atoms with Crippen LogP contribution in [0.2, 0.25) is 0 Å². The molecule has 1 fully saturated rings. The molecule has 1 saturated heterocycles. The molecule has 0 aliphatic carbocycles. The Morgan fingerprint density at radius 1 is 1.35 bits per heavy atom. The molecule has 0 radical (unpaired) electrons. The molecule has 1 heterocycles. The number of para-hydroxylation sites is 1. The third-order valence-corrected chi connectivity index (χ3v) is 5.84. The number of thioether (sulfide) groups is 2. The first-order valence-corrected chi connectivity index (χ1v) is 8.87. The van der Waals surface area contributed by atoms with E-state index in [1.807, 2.05) is 36.5 Å². The van der Waals surface area contributed by atoms with Crippen molar-refractivity contribution in [3.63, 3.8) is 0 Å². The number of nitro benzene ring substituents is 1. The lowest BCUT2D eigenvalue weighted by Gasteiger charge is -2.21. The Balaban J connectivity index is 2.09. The number of hydrogen-bond donors (Lipinski definition) is 2. The van der Waals surface area contributed by atoms with Crippen LogP contribution in [0.4, 0.5) is 17.1 Å². The average Bonchev–Trinajstić information content (AvgIpc) is 2.46. The van der Waals surface area contributed by atoms with Gasteiger partial charge in [-0.3, -0.25) is 10.1 Å². The van der Waals surface area contributed by atoms with Crippen LogP contribution in [0.25, 0.3) is 0 Å². The summed E-state index contributed by atoms with van der Waals surface area (Å²) in [5.74, 6) is 3.48. The second kappa shape index (κ2) is 7.64. The van der Waals surface area contributed by atoms with Crippen molar-refractivity contribution < 1.29 is 4.92 Å². The molecule has 1 aliphatic rings. The van der Waals surface area contributed by atoms with E-state index in [1.165, 1.54) is 5.75 Å². The highest BCUT2D eigenvalue weighted by atomic mass is 32.2. The van der Waals surface area contributed by atoms with Crippen LogP contribution in [0.15, 0.2) is 18.2 Å². The summed E-state index contributed by atoms with van der Waals surface area (Å²) in [7, 11) is 0. The largest absolute Gasteiger partial charge is 0.380 e. The van der Waals surface area contributed by atoms with Gasteiger partial charge in [0.15, 0.2) is 0 Å². The second-order valence-corrected chi connectivity index (χ2v) is 7.00. The number of nitro groups is 1. The van der Waals surface area contributed by atoms with Gasteiger partial charge in [-0.2, -0.15) is 23.5 Å². The lowest BCUT2D eigenvalue weighted by atomic mass is 10.2. The van der Waals surface area contributed by atoms with Crippen molar-refractivity contribution in [2.24, 2.45) is 0 Å². The minimum Gasteiger partial charge on any atom is -0.380 e. The average molecular weight is 313 g/mol. The zero-order valence-corrected chi connectivity index (χ0v) is 13.1. The van der Waals surface area contributed by atoms with E-state index < -0.39 is 0 Å². The van der Waals surface area contributed by atoms with E-state index in [1.54, 1.807) is 12.1 Å². The molecule has 2 N–H and O–H groups in total. The van der Waals surface area contributed by atoms with Gasteiger partial charge in [0.05, 0.1) is 4.92 Å². The van der Waals surface area contributed by atoms with Crippen LogP contribution in [-0.2, 0) is 0 Å². The molecule has 1 atom stereocenters. The Morgan fingerprint density at radius 3 is 2.70 bits per heavy atom. The van der Waals surface area contributed by atoms with Crippen LogP contribution in [0.3, 0.4) is 0 Å². The Morgan fingerprint density at radius 2 is 2.10 bits per heavy atom. The summed E-state index contributed by atoms with van der Waals surface area (Å²) in [6.45, 7) is 3.37. The lowest BCUT2D eigenvalue weighted by molar-refractivity contribution is -0.383. The zero-order valence-electron chi connectivity index (χ0n) is 11.4. The topological polar surface area (TPSA) is 67.2 Å². The first-order valence-electron chi connectivity index (χ1n) is 6.67. The molecule has 2 rings (SSSR count). The molecule has 0 saturated carbocycles. The Bertz CT molecular complexity index is 465. The maximum Gasteiger partial charge on any atom is 0.315 e. The third-order valence-electron chi connectivity index (χ3n) is 2.99. The van der Waals surface area contributed by atoms with Gasteiger partial charge in [-0.15, -0.1) is 0 Å². The van der Waals surface area contributed by atoms with E-state index in [4.69, 9.17) is 0 Å². The van der Waals surface area contributed by atoms with Crippen molar-refractivity contribution in [1.82, 2.24) is 0 Å². The van der Waals surface area contributed by atoms with Crippen molar-refractivity contribution in [2.75, 3.05) is 41.0 Å². The Labute approximate surface area is 127 Å². The molecule has 1 aromatic carbocycles. The summed E-state index contributed by atoms with van der Waals surface area (Å²) in [5.41, 5.74) is 1.32. The van der Waals surface area contributed by atoms with Crippen molar-refractivity contribution in [3.05, 3.63) is 28.3 Å². The lowest BCUT2D eigenvalue weighted by Crippen LogP contribution is -2.23. The molecule has 0 aromatic heterocycles. The molecule has 7 heteroatoms. The van der Waals surface area contributed by atoms with Crippen LogP contribution < -0.4 is 10.6 Å². The molecule has 1 aromatic rings. The summed E-state index contributed by atoms with van der Waals surface area (Å²) in [6, 6.07) is 5.37. The maximum absolute atomic E-state index is 11.3. The van der Waals surface area contributed by atoms with Crippen molar-refractivity contribution in [1.29, 1.82) is 0 Å². The number of hydrogen-bond acceptors (Lipinski definition) is 6. The van der Waals surface area contributed by atoms with Gasteiger partial charge in [-0.25, -0.2) is 0 Å². The van der Waals surface area contributed by atoms with E-state index in [9.17, 15) is 10.1 Å². The Hall–Kier alpha value is -1.08. The van der Waals surface area contributed by atoms with E-state index >= 15 is 0 Å². The summed E-state index contributed by atoms with van der Waals surface area (Å²) in [4.78, 5) is 11.0. The molecular weight excluding hydrogens is 294 g/mol. The first-order chi connectivity index (χ1) is 9.72. The highest BCUT2D eigenvalue weighted by molar-refractivity contribution is 8.06. The van der Waals surface area contributed by atoms with Gasteiger partial charge in [0.25, 0.3) is 0 Å². The smallest absolute Gasteiger partial charge is 0.315 e. The van der Waals surface area contributed by atoms with Crippen LogP contribution >= 0.6 is 23.5 Å². The van der Waals surface area contributed by atoms with Crippen LogP contribution in [-0.4, -0.2) is 40.5 Å². The minimum atomic E-state index is -0.316. The molecule has 0 spiro atoms. The molecular formula is C13H19N3O2S2. The van der Waals surface area contributed by atoms with Gasteiger partial charge in [0, 0.05) is 35.6 Å². The summed E-state index contributed by atoms with van der Waals surface area (Å²) < 4.78 is 0. The summed E-state index contributed by atoms with van der Waals surface area (Å²) >= 11 is 3.90. The molecule has 20 heavy (non-hydrogen) atoms. The molecule has 0 bridgehead atoms. The summed E-state index contributed by atoms with van der Waals surface area (Å²) in [5, 5.41) is 18.1.